The maximum absolute atomic E-state index is 10.7. The maximum atomic E-state index is 10.7. The molecule has 1 aliphatic rings. The minimum Gasteiger partial charge on any atom is -0.394 e. The van der Waals surface area contributed by atoms with Crippen LogP contribution >= 0.6 is 0 Å². The molecule has 2 aromatic rings. The molecule has 1 amide bonds. The van der Waals surface area contributed by atoms with Crippen LogP contribution < -0.4 is 64.7 Å². The molecule has 0 aliphatic carbocycles. The number of amides is 1. The Bertz CT molecular complexity index is 1070. The number of nitrogens with two attached hydrogens (primary N) is 7. The molecular formula is C68H166N12O13. The Labute approximate surface area is 576 Å². The van der Waals surface area contributed by atoms with Gasteiger partial charge in [0, 0.05) is 26.1 Å². The Hall–Kier alpha value is -6.46. The van der Waals surface area contributed by atoms with E-state index in [1.165, 1.54) is 97.5 Å². The quantitative estimate of drug-likeness (QED) is 0.115. The molecule has 25 heteroatoms. The van der Waals surface area contributed by atoms with Crippen LogP contribution in [0.25, 0.3) is 0 Å². The Morgan fingerprint density at radius 1 is 0.409 bits per heavy atom. The zero-order valence-electron chi connectivity index (χ0n) is 65.4. The highest BCUT2D eigenvalue weighted by molar-refractivity contribution is 5.73. The van der Waals surface area contributed by atoms with Gasteiger partial charge in [-0.3, -0.25) is 4.79 Å². The van der Waals surface area contributed by atoms with Crippen LogP contribution in [0.5, 0.6) is 0 Å². The first kappa shape index (κ1) is 185. The fraction of sp³-hybridized carbons (Fsp3) is 0.618. The van der Waals surface area contributed by atoms with E-state index in [4.69, 9.17) is 63.6 Å². The van der Waals surface area contributed by atoms with Crippen LogP contribution in [0.2, 0.25) is 0 Å². The molecule has 1 aliphatic heterocycles. The number of nitrogens with zero attached hydrogens (tertiary/aromatic N) is 1. The summed E-state index contributed by atoms with van der Waals surface area (Å²) in [7, 11) is 9.00. The predicted molar refractivity (Wildman–Crippen MR) is 415 cm³/mol. The number of hydrogen-bond donors (Lipinski definition) is 12. The first-order valence-electron chi connectivity index (χ1n) is 28.9. The van der Waals surface area contributed by atoms with E-state index >= 15 is 0 Å². The second-order valence-electron chi connectivity index (χ2n) is 14.8. The van der Waals surface area contributed by atoms with Gasteiger partial charge in [-0.05, 0) is 143 Å². The monoisotopic (exact) mass is 1360 g/mol. The van der Waals surface area contributed by atoms with Crippen molar-refractivity contribution >= 4 is 80.6 Å². The number of allylic oxidation sites excluding steroid dienone is 1. The smallest absolute Gasteiger partial charge is 0.219 e. The van der Waals surface area contributed by atoms with Crippen molar-refractivity contribution in [3.8, 4) is 0 Å². The van der Waals surface area contributed by atoms with E-state index < -0.39 is 0 Å². The van der Waals surface area contributed by atoms with Crippen molar-refractivity contribution in [1.29, 1.82) is 0 Å². The van der Waals surface area contributed by atoms with Crippen molar-refractivity contribution in [1.82, 2.24) is 29.5 Å². The molecule has 0 saturated carbocycles. The Kier molecular flexibility index (Phi) is 641. The highest BCUT2D eigenvalue weighted by Crippen LogP contribution is 2.07. The molecule has 0 radical (unpaired) electrons. The third-order valence-electron chi connectivity index (χ3n) is 7.65. The summed E-state index contributed by atoms with van der Waals surface area (Å²) in [6.07, 6.45) is 11.9. The standard InChI is InChI=1S/2C8H10.C7H13NO.3C5H12.C5H10.C3H9N.C3H8O.C2H6.6CH5N.11CH2O.4H3N/c2*1-2-8-6-4-3-5-7-8;1-7(9)8-5-3-2-4-6-8;4*1-4-5(2)3;1-2-3-4;1-3(2)4;18*1-2;;;;/h2*3-7H,2H2,1H3;2-6H2,1H3;3*5H,4H2,1-3H3;2,4H2,1,3H3;2-4H2,1H3;3-4H,1-2H3;1-2H3;6*2H2,1H3;11*1H2;4*1H3. The summed E-state index contributed by atoms with van der Waals surface area (Å²) >= 11 is 0. The van der Waals surface area contributed by atoms with Gasteiger partial charge in [0.15, 0.2) is 0 Å². The van der Waals surface area contributed by atoms with E-state index in [1.807, 2.05) is 112 Å². The van der Waals surface area contributed by atoms with E-state index in [0.717, 1.165) is 63.1 Å². The SMILES string of the molecule is C=C(C)CC.C=O.C=O.C=O.C=O.C=O.C=O.C=O.C=O.C=O.C=O.C=O.CC.CC(=O)N1CCCCC1.CC(C)O.CCC(C)C.CCC(C)C.CCC(C)C.CCCN.CCc1ccccc1.CCc1ccccc1.CN.CN.CN.CN.CN.CN.N.N.N.N. The highest BCUT2D eigenvalue weighted by atomic mass is 16.3. The summed E-state index contributed by atoms with van der Waals surface area (Å²) in [6, 6.07) is 20.9. The van der Waals surface area contributed by atoms with Crippen LogP contribution in [0.15, 0.2) is 72.8 Å². The molecule has 0 spiro atoms. The molecule has 576 valence electrons. The van der Waals surface area contributed by atoms with E-state index in [-0.39, 0.29) is 36.6 Å². The van der Waals surface area contributed by atoms with Gasteiger partial charge in [-0.25, -0.2) is 0 Å². The fourth-order valence-corrected chi connectivity index (χ4v) is 2.64. The number of aliphatic hydroxyl groups is 1. The molecule has 2 aromatic carbocycles. The lowest BCUT2D eigenvalue weighted by Crippen LogP contribution is -2.33. The first-order chi connectivity index (χ1) is 42.9. The van der Waals surface area contributed by atoms with Crippen molar-refractivity contribution in [3.05, 3.63) is 83.9 Å². The van der Waals surface area contributed by atoms with Crippen LogP contribution in [0.4, 0.5) is 0 Å². The largest absolute Gasteiger partial charge is 0.394 e. The summed E-state index contributed by atoms with van der Waals surface area (Å²) < 4.78 is 0. The lowest BCUT2D eigenvalue weighted by molar-refractivity contribution is -0.129. The summed E-state index contributed by atoms with van der Waals surface area (Å²) in [5, 5.41) is 8.06. The van der Waals surface area contributed by atoms with E-state index in [9.17, 15) is 4.79 Å². The first-order valence-corrected chi connectivity index (χ1v) is 28.9. The predicted octanol–water partition coefficient (Wildman–Crippen LogP) is 11.5. The number of carbonyl (C=O) groups excluding carboxylic acids is 12. The Balaban J connectivity index is -0.0000000186. The molecule has 1 heterocycles. The normalized spacial score (nSPS) is 7.09. The highest BCUT2D eigenvalue weighted by Gasteiger charge is 2.11. The number of carbonyl (C=O) groups is 12. The number of likely N-dealkylation sites (tertiary alicyclic amines) is 1. The van der Waals surface area contributed by atoms with Gasteiger partial charge in [-0.2, -0.15) is 0 Å². The molecule has 27 N–H and O–H groups in total. The second-order valence-corrected chi connectivity index (χ2v) is 14.8. The summed E-state index contributed by atoms with van der Waals surface area (Å²) in [5.74, 6) is 2.88. The van der Waals surface area contributed by atoms with Gasteiger partial charge in [0.1, 0.15) is 74.7 Å². The average Bonchev–Trinajstić information content (AvgIpc) is 3.65. The van der Waals surface area contributed by atoms with Gasteiger partial charge in [0.05, 0.1) is 0 Å². The van der Waals surface area contributed by atoms with Gasteiger partial charge >= 0.3 is 0 Å². The van der Waals surface area contributed by atoms with Gasteiger partial charge in [0.25, 0.3) is 0 Å². The van der Waals surface area contributed by atoms with E-state index in [1.54, 1.807) is 20.8 Å². The number of piperidine rings is 1. The summed E-state index contributed by atoms with van der Waals surface area (Å²) in [4.78, 5) is 101. The summed E-state index contributed by atoms with van der Waals surface area (Å²) in [5.41, 5.74) is 36.1. The fourth-order valence-electron chi connectivity index (χ4n) is 2.64. The molecule has 0 bridgehead atoms. The molecule has 25 nitrogen and oxygen atoms in total. The number of benzene rings is 2. The van der Waals surface area contributed by atoms with Crippen LogP contribution in [-0.2, 0) is 70.4 Å². The van der Waals surface area contributed by atoms with E-state index in [2.05, 4.69) is 180 Å². The minimum atomic E-state index is -0.167. The zero-order chi connectivity index (χ0) is 78.5. The second kappa shape index (κ2) is 322. The molecule has 93 heavy (non-hydrogen) atoms. The van der Waals surface area contributed by atoms with Crippen LogP contribution in [0.1, 0.15) is 194 Å². The topological polar surface area (TPSA) is 550 Å². The number of aryl methyl sites for hydroxylation is 2. The molecule has 0 unspecified atom stereocenters. The van der Waals surface area contributed by atoms with Crippen molar-refractivity contribution < 1.29 is 62.6 Å². The molecule has 1 fully saturated rings. The van der Waals surface area contributed by atoms with Crippen molar-refractivity contribution in [2.24, 2.45) is 57.9 Å². The van der Waals surface area contributed by atoms with E-state index in [0.29, 0.717) is 0 Å². The molecule has 1 saturated heterocycles. The third kappa shape index (κ3) is 500. The molecule has 3 rings (SSSR count). The lowest BCUT2D eigenvalue weighted by atomic mass is 10.1. The maximum Gasteiger partial charge on any atom is 0.219 e. The third-order valence-corrected chi connectivity index (χ3v) is 7.65. The number of hydrogen-bond acceptors (Lipinski definition) is 24. The Morgan fingerprint density at radius 2 is 0.548 bits per heavy atom. The van der Waals surface area contributed by atoms with Crippen LogP contribution in [0, 0.1) is 17.8 Å². The van der Waals surface area contributed by atoms with Gasteiger partial charge in [0.2, 0.25) is 5.91 Å². The minimum absolute atomic E-state index is 0. The van der Waals surface area contributed by atoms with Crippen molar-refractivity contribution in [2.45, 2.75) is 202 Å². The molecule has 0 atom stereocenters. The van der Waals surface area contributed by atoms with Crippen LogP contribution in [-0.4, -0.2) is 159 Å². The summed E-state index contributed by atoms with van der Waals surface area (Å²) in [6.45, 7) is 68.0. The number of rotatable bonds is 7. The number of aliphatic hydroxyl groups excluding tert-OH is 1. The molecular weight excluding hydrogens is 1190 g/mol. The van der Waals surface area contributed by atoms with Crippen molar-refractivity contribution in [2.75, 3.05) is 61.9 Å². The van der Waals surface area contributed by atoms with Gasteiger partial charge in [-0.1, -0.05) is 189 Å². The lowest BCUT2D eigenvalue weighted by Gasteiger charge is -2.24. The van der Waals surface area contributed by atoms with Crippen molar-refractivity contribution in [3.63, 3.8) is 0 Å². The van der Waals surface area contributed by atoms with Gasteiger partial charge < -0.3 is 127 Å². The Morgan fingerprint density at radius 3 is 0.613 bits per heavy atom. The van der Waals surface area contributed by atoms with Gasteiger partial charge in [-0.15, -0.1) is 6.58 Å². The van der Waals surface area contributed by atoms with Crippen LogP contribution in [0.3, 0.4) is 0 Å². The molecule has 0 aromatic heterocycles. The zero-order valence-corrected chi connectivity index (χ0v) is 65.4. The average molecular weight is 1360 g/mol.